The van der Waals surface area contributed by atoms with E-state index in [0.717, 1.165) is 0 Å². The summed E-state index contributed by atoms with van der Waals surface area (Å²) in [6, 6.07) is 16.6. The number of esters is 1. The number of ether oxygens (including phenoxy) is 2. The van der Waals surface area contributed by atoms with E-state index in [-0.39, 0.29) is 11.4 Å². The van der Waals surface area contributed by atoms with E-state index >= 15 is 0 Å². The van der Waals surface area contributed by atoms with E-state index in [2.05, 4.69) is 9.84 Å². The highest BCUT2D eigenvalue weighted by Crippen LogP contribution is 2.09. The molecule has 6 heteroatoms. The summed E-state index contributed by atoms with van der Waals surface area (Å²) in [5, 5.41) is 4.06. The van der Waals surface area contributed by atoms with Crippen LogP contribution in [0.4, 0.5) is 0 Å². The maximum absolute atomic E-state index is 12.1. The number of hydrogen-bond acceptors (Lipinski definition) is 5. The summed E-state index contributed by atoms with van der Waals surface area (Å²) in [5.74, 6) is -0.809. The van der Waals surface area contributed by atoms with Crippen LogP contribution in [0.2, 0.25) is 0 Å². The van der Waals surface area contributed by atoms with Crippen molar-refractivity contribution in [3.63, 3.8) is 0 Å². The van der Waals surface area contributed by atoms with Crippen LogP contribution >= 0.6 is 0 Å². The van der Waals surface area contributed by atoms with Crippen molar-refractivity contribution in [1.82, 2.24) is 9.78 Å². The molecule has 6 nitrogen and oxygen atoms in total. The molecule has 0 aliphatic heterocycles. The third kappa shape index (κ3) is 3.94. The van der Waals surface area contributed by atoms with E-state index < -0.39 is 11.4 Å². The van der Waals surface area contributed by atoms with Gasteiger partial charge in [-0.2, -0.15) is 5.10 Å². The zero-order valence-corrected chi connectivity index (χ0v) is 12.8. The Morgan fingerprint density at radius 3 is 2.09 bits per heavy atom. The summed E-state index contributed by atoms with van der Waals surface area (Å²) in [5.41, 5.74) is -0.305. The number of carbonyl (C=O) groups excluding carboxylic acids is 1. The fourth-order valence-electron chi connectivity index (χ4n) is 1.81. The minimum Gasteiger partial charge on any atom is -0.491 e. The lowest BCUT2D eigenvalue weighted by Crippen LogP contribution is -2.23. The van der Waals surface area contributed by atoms with E-state index in [1.54, 1.807) is 12.1 Å². The van der Waals surface area contributed by atoms with E-state index in [1.165, 1.54) is 25.1 Å². The minimum absolute atomic E-state index is 0.00575. The Labute approximate surface area is 133 Å². The standard InChI is InChI=1S/C17H16N2O4/c1-22-14-12-19(18-15(16(14)20)17(21)23-2)13-10-8-6-4-3-5-7-9-11-13/h3-12H,1-2H3. The number of aromatic nitrogens is 2. The van der Waals surface area contributed by atoms with E-state index in [0.29, 0.717) is 5.69 Å². The first kappa shape index (κ1) is 16.2. The first-order valence-corrected chi connectivity index (χ1v) is 6.82. The first-order valence-electron chi connectivity index (χ1n) is 6.82. The monoisotopic (exact) mass is 312 g/mol. The van der Waals surface area contributed by atoms with Crippen LogP contribution in [-0.4, -0.2) is 30.0 Å². The lowest BCUT2D eigenvalue weighted by molar-refractivity contribution is 0.0589. The number of methoxy groups -OCH3 is 2. The largest absolute Gasteiger partial charge is 0.491 e. The van der Waals surface area contributed by atoms with E-state index in [1.807, 2.05) is 42.5 Å². The predicted octanol–water partition coefficient (Wildman–Crippen LogP) is 2.15. The highest BCUT2D eigenvalue weighted by atomic mass is 16.5. The third-order valence-corrected chi connectivity index (χ3v) is 2.95. The molecule has 2 rings (SSSR count). The number of nitrogens with zero attached hydrogens (tertiary/aromatic N) is 2. The van der Waals surface area contributed by atoms with Crippen molar-refractivity contribution in [2.24, 2.45) is 0 Å². The summed E-state index contributed by atoms with van der Waals surface area (Å²) in [6.45, 7) is 0. The molecule has 0 amide bonds. The van der Waals surface area contributed by atoms with Crippen LogP contribution in [-0.2, 0) is 4.74 Å². The fraction of sp³-hybridized carbons (Fsp3) is 0.118. The summed E-state index contributed by atoms with van der Waals surface area (Å²) < 4.78 is 11.0. The molecule has 1 aromatic heterocycles. The zero-order valence-electron chi connectivity index (χ0n) is 12.8. The molecular formula is C17H16N2O4. The van der Waals surface area contributed by atoms with Crippen LogP contribution in [0.25, 0.3) is 5.69 Å². The van der Waals surface area contributed by atoms with Gasteiger partial charge in [-0.3, -0.25) is 4.79 Å². The number of rotatable bonds is 3. The molecular weight excluding hydrogens is 296 g/mol. The summed E-state index contributed by atoms with van der Waals surface area (Å²) >= 11 is 0. The van der Waals surface area contributed by atoms with Gasteiger partial charge in [0.15, 0.2) is 5.75 Å². The molecule has 0 saturated carbocycles. The topological polar surface area (TPSA) is 70.4 Å². The molecule has 0 unspecified atom stereocenters. The van der Waals surface area contributed by atoms with Gasteiger partial charge < -0.3 is 9.47 Å². The molecule has 1 heterocycles. The second kappa shape index (κ2) is 7.74. The summed E-state index contributed by atoms with van der Waals surface area (Å²) in [7, 11) is 2.54. The van der Waals surface area contributed by atoms with E-state index in [9.17, 15) is 9.59 Å². The third-order valence-electron chi connectivity index (χ3n) is 2.95. The molecule has 0 aliphatic carbocycles. The Hall–Kier alpha value is -3.15. The Morgan fingerprint density at radius 2 is 1.57 bits per heavy atom. The van der Waals surface area contributed by atoms with Gasteiger partial charge in [-0.15, -0.1) is 0 Å². The van der Waals surface area contributed by atoms with E-state index in [4.69, 9.17) is 4.74 Å². The molecule has 118 valence electrons. The number of hydrogen-bond donors (Lipinski definition) is 0. The van der Waals surface area contributed by atoms with Gasteiger partial charge in [0.05, 0.1) is 26.1 Å². The molecule has 2 aromatic rings. The van der Waals surface area contributed by atoms with Crippen molar-refractivity contribution in [2.45, 2.75) is 0 Å². The Morgan fingerprint density at radius 1 is 1.00 bits per heavy atom. The normalized spacial score (nSPS) is 9.65. The van der Waals surface area contributed by atoms with Gasteiger partial charge in [0, 0.05) is 0 Å². The molecule has 0 bridgehead atoms. The molecule has 23 heavy (non-hydrogen) atoms. The molecule has 0 radical (unpaired) electrons. The zero-order chi connectivity index (χ0) is 16.7. The predicted molar refractivity (Wildman–Crippen MR) is 85.4 cm³/mol. The van der Waals surface area contributed by atoms with Crippen LogP contribution in [0.3, 0.4) is 0 Å². The van der Waals surface area contributed by atoms with Gasteiger partial charge in [-0.05, 0) is 12.1 Å². The lowest BCUT2D eigenvalue weighted by Gasteiger charge is -2.08. The van der Waals surface area contributed by atoms with Crippen LogP contribution in [0.15, 0.2) is 65.6 Å². The minimum atomic E-state index is -0.814. The molecule has 0 fully saturated rings. The van der Waals surface area contributed by atoms with Crippen molar-refractivity contribution < 1.29 is 14.3 Å². The highest BCUT2D eigenvalue weighted by Gasteiger charge is 2.18. The Bertz CT molecular complexity index is 789. The van der Waals surface area contributed by atoms with Gasteiger partial charge in [-0.1, -0.05) is 42.5 Å². The lowest BCUT2D eigenvalue weighted by atomic mass is 10.3. The van der Waals surface area contributed by atoms with Crippen molar-refractivity contribution in [3.05, 3.63) is 76.7 Å². The molecule has 0 atom stereocenters. The smallest absolute Gasteiger partial charge is 0.362 e. The van der Waals surface area contributed by atoms with Crippen LogP contribution in [0.5, 0.6) is 5.75 Å². The van der Waals surface area contributed by atoms with Gasteiger partial charge >= 0.3 is 5.97 Å². The average Bonchev–Trinajstić information content (AvgIpc) is 2.59. The summed E-state index contributed by atoms with van der Waals surface area (Å²) in [4.78, 5) is 23.8. The van der Waals surface area contributed by atoms with Crippen molar-refractivity contribution in [3.8, 4) is 11.4 Å². The molecule has 0 saturated heterocycles. The maximum Gasteiger partial charge on any atom is 0.362 e. The van der Waals surface area contributed by atoms with Gasteiger partial charge in [-0.25, -0.2) is 9.48 Å². The van der Waals surface area contributed by atoms with Crippen LogP contribution < -0.4 is 10.2 Å². The summed E-state index contributed by atoms with van der Waals surface area (Å²) in [6.07, 6.45) is 1.42. The van der Waals surface area contributed by atoms with Crippen molar-refractivity contribution in [1.29, 1.82) is 0 Å². The highest BCUT2D eigenvalue weighted by molar-refractivity contribution is 5.87. The Kier molecular flexibility index (Phi) is 5.46. The van der Waals surface area contributed by atoms with Crippen LogP contribution in [0, 0.1) is 0 Å². The first-order chi connectivity index (χ1) is 11.2. The Balaban J connectivity index is 2.69. The van der Waals surface area contributed by atoms with Crippen molar-refractivity contribution in [2.75, 3.05) is 14.2 Å². The molecule has 0 N–H and O–H groups in total. The fourth-order valence-corrected chi connectivity index (χ4v) is 1.81. The maximum atomic E-state index is 12.1. The second-order valence-electron chi connectivity index (χ2n) is 4.42. The molecule has 0 aliphatic rings. The number of carbonyl (C=O) groups is 1. The quantitative estimate of drug-likeness (QED) is 0.812. The van der Waals surface area contributed by atoms with Gasteiger partial charge in [0.1, 0.15) is 0 Å². The second-order valence-corrected chi connectivity index (χ2v) is 4.42. The SMILES string of the molecule is COC(=O)c1nn(-c2ccccccccc2)cc(OC)c1=O. The van der Waals surface area contributed by atoms with Gasteiger partial charge in [0.2, 0.25) is 5.69 Å². The van der Waals surface area contributed by atoms with Crippen molar-refractivity contribution >= 4 is 5.97 Å². The molecule has 0 spiro atoms. The van der Waals surface area contributed by atoms with Gasteiger partial charge in [0.25, 0.3) is 5.43 Å². The van der Waals surface area contributed by atoms with Crippen LogP contribution in [0.1, 0.15) is 10.5 Å². The average molecular weight is 312 g/mol. The molecule has 1 aromatic carbocycles.